The smallest absolute Gasteiger partial charge is 0.480 e. The van der Waals surface area contributed by atoms with Gasteiger partial charge >= 0.3 is 24.3 Å². The Hall–Kier alpha value is -4.07. The molecule has 0 fully saturated rings. The molecule has 3 rings (SSSR count). The highest BCUT2D eigenvalue weighted by atomic mass is 19.4. The van der Waals surface area contributed by atoms with Crippen LogP contribution in [0, 0.1) is 0 Å². The zero-order valence-electron chi connectivity index (χ0n) is 18.7. The molecule has 0 aliphatic heterocycles. The average molecular weight is 533 g/mol. The molecule has 0 saturated heterocycles. The van der Waals surface area contributed by atoms with E-state index in [0.717, 1.165) is 11.6 Å². The van der Waals surface area contributed by atoms with Gasteiger partial charge < -0.3 is 26.2 Å². The zero-order valence-corrected chi connectivity index (χ0v) is 18.7. The molecule has 1 heterocycles. The van der Waals surface area contributed by atoms with Crippen LogP contribution in [0.5, 0.6) is 0 Å². The molecule has 6 N–H and O–H groups in total. The van der Waals surface area contributed by atoms with Crippen LogP contribution in [0.2, 0.25) is 0 Å². The molecule has 2 unspecified atom stereocenters. The van der Waals surface area contributed by atoms with Crippen LogP contribution in [-0.4, -0.2) is 51.3 Å². The molecule has 0 radical (unpaired) electrons. The van der Waals surface area contributed by atoms with Gasteiger partial charge in [0.2, 0.25) is 5.91 Å². The second-order valence-corrected chi connectivity index (χ2v) is 7.74. The van der Waals surface area contributed by atoms with Crippen LogP contribution in [0.1, 0.15) is 16.7 Å². The van der Waals surface area contributed by atoms with Gasteiger partial charge in [0.1, 0.15) is 6.04 Å². The van der Waals surface area contributed by atoms with Gasteiger partial charge in [-0.25, -0.2) is 9.59 Å². The quantitative estimate of drug-likeness (QED) is 0.294. The van der Waals surface area contributed by atoms with Crippen LogP contribution in [0.4, 0.5) is 26.3 Å². The number of hydrogen-bond donors (Lipinski definition) is 5. The third-order valence-electron chi connectivity index (χ3n) is 5.01. The van der Waals surface area contributed by atoms with Crippen molar-refractivity contribution < 1.29 is 50.9 Å². The van der Waals surface area contributed by atoms with E-state index < -0.39 is 47.8 Å². The first-order valence-corrected chi connectivity index (χ1v) is 10.4. The van der Waals surface area contributed by atoms with Crippen LogP contribution in [0.15, 0.2) is 54.7 Å². The number of aromatic nitrogens is 1. The van der Waals surface area contributed by atoms with Gasteiger partial charge in [0.15, 0.2) is 0 Å². The summed E-state index contributed by atoms with van der Waals surface area (Å²) in [5.41, 5.74) is 6.19. The number of carbonyl (C=O) groups is 3. The molecule has 2 aromatic carbocycles. The lowest BCUT2D eigenvalue weighted by Gasteiger charge is -2.18. The minimum Gasteiger partial charge on any atom is -0.480 e. The molecule has 3 aromatic rings. The van der Waals surface area contributed by atoms with Gasteiger partial charge in [0.25, 0.3) is 0 Å². The molecule has 0 aliphatic rings. The number of carboxylic acids is 2. The van der Waals surface area contributed by atoms with Gasteiger partial charge in [0, 0.05) is 23.5 Å². The summed E-state index contributed by atoms with van der Waals surface area (Å²) in [6.07, 6.45) is -8.49. The van der Waals surface area contributed by atoms with Crippen LogP contribution < -0.4 is 11.1 Å². The van der Waals surface area contributed by atoms with Crippen LogP contribution in [-0.2, 0) is 33.4 Å². The van der Waals surface area contributed by atoms with E-state index in [0.29, 0.717) is 0 Å². The number of benzene rings is 2. The van der Waals surface area contributed by atoms with E-state index in [1.165, 1.54) is 18.3 Å². The third-order valence-corrected chi connectivity index (χ3v) is 5.01. The largest absolute Gasteiger partial charge is 0.490 e. The number of carboxylic acid groups (broad SMARTS) is 2. The van der Waals surface area contributed by atoms with Crippen molar-refractivity contribution in [1.29, 1.82) is 0 Å². The SMILES string of the molecule is NC(Cc1ccccc1)C(=O)NC(Cc1c[nH]c2cccc(C(F)(F)F)c12)C(=O)O.O=C(O)C(F)(F)F. The molecule has 0 bridgehead atoms. The van der Waals surface area contributed by atoms with Gasteiger partial charge in [-0.15, -0.1) is 0 Å². The van der Waals surface area contributed by atoms with Gasteiger partial charge in [-0.2, -0.15) is 26.3 Å². The number of nitrogens with one attached hydrogen (secondary N) is 2. The number of aromatic amines is 1. The summed E-state index contributed by atoms with van der Waals surface area (Å²) in [6, 6.07) is 10.2. The predicted molar refractivity (Wildman–Crippen MR) is 118 cm³/mol. The maximum Gasteiger partial charge on any atom is 0.490 e. The number of halogens is 6. The molecule has 0 aliphatic carbocycles. The summed E-state index contributed by atoms with van der Waals surface area (Å²) < 4.78 is 71.9. The molecule has 2 atom stereocenters. The number of nitrogens with two attached hydrogens (primary N) is 1. The number of alkyl halides is 6. The molecular weight excluding hydrogens is 512 g/mol. The van der Waals surface area contributed by atoms with Gasteiger partial charge in [-0.1, -0.05) is 36.4 Å². The number of carbonyl (C=O) groups excluding carboxylic acids is 1. The van der Waals surface area contributed by atoms with E-state index in [1.54, 1.807) is 24.3 Å². The summed E-state index contributed by atoms with van der Waals surface area (Å²) in [6.45, 7) is 0. The van der Waals surface area contributed by atoms with E-state index in [9.17, 15) is 41.0 Å². The normalized spacial score (nSPS) is 13.3. The lowest BCUT2D eigenvalue weighted by molar-refractivity contribution is -0.192. The standard InChI is InChI=1S/C21H20F3N3O3.C2HF3O2/c22-21(23,24)14-7-4-8-16-18(14)13(11-26-16)10-17(20(29)30)27-19(28)15(25)9-12-5-2-1-3-6-12;3-2(4,5)1(6)7/h1-8,11,15,17,26H,9-10,25H2,(H,27,28)(H,29,30);(H,6,7). The van der Waals surface area contributed by atoms with Crippen molar-refractivity contribution in [3.8, 4) is 0 Å². The molecule has 200 valence electrons. The summed E-state index contributed by atoms with van der Waals surface area (Å²) in [7, 11) is 0. The van der Waals surface area contributed by atoms with E-state index in [4.69, 9.17) is 15.6 Å². The topological polar surface area (TPSA) is 146 Å². The Morgan fingerprint density at radius 2 is 1.51 bits per heavy atom. The van der Waals surface area contributed by atoms with Gasteiger partial charge in [-0.3, -0.25) is 4.79 Å². The average Bonchev–Trinajstić information content (AvgIpc) is 3.21. The lowest BCUT2D eigenvalue weighted by Crippen LogP contribution is -2.50. The molecule has 0 saturated carbocycles. The van der Waals surface area contributed by atoms with E-state index in [-0.39, 0.29) is 29.3 Å². The minimum atomic E-state index is -5.08. The predicted octanol–water partition coefficient (Wildman–Crippen LogP) is 3.50. The summed E-state index contributed by atoms with van der Waals surface area (Å²) in [4.78, 5) is 35.7. The van der Waals surface area contributed by atoms with E-state index in [1.807, 2.05) is 6.07 Å². The fourth-order valence-corrected chi connectivity index (χ4v) is 3.31. The zero-order chi connectivity index (χ0) is 28.0. The first kappa shape index (κ1) is 29.2. The van der Waals surface area contributed by atoms with Gasteiger partial charge in [-0.05, 0) is 29.7 Å². The first-order valence-electron chi connectivity index (χ1n) is 10.4. The van der Waals surface area contributed by atoms with Crippen molar-refractivity contribution in [3.05, 3.63) is 71.4 Å². The minimum absolute atomic E-state index is 0.112. The number of fused-ring (bicyclic) bond motifs is 1. The Morgan fingerprint density at radius 1 is 0.919 bits per heavy atom. The van der Waals surface area contributed by atoms with Crippen LogP contribution in [0.3, 0.4) is 0 Å². The maximum absolute atomic E-state index is 13.4. The second kappa shape index (κ2) is 11.8. The molecule has 0 spiro atoms. The van der Waals surface area contributed by atoms with E-state index >= 15 is 0 Å². The number of aliphatic carboxylic acids is 2. The molecular formula is C23H21F6N3O5. The Balaban J connectivity index is 0.000000604. The fourth-order valence-electron chi connectivity index (χ4n) is 3.31. The van der Waals surface area contributed by atoms with Crippen LogP contribution in [0.25, 0.3) is 10.9 Å². The fraction of sp³-hybridized carbons (Fsp3) is 0.261. The Kier molecular flexibility index (Phi) is 9.28. The van der Waals surface area contributed by atoms with Crippen molar-refractivity contribution in [2.45, 2.75) is 37.3 Å². The highest BCUT2D eigenvalue weighted by Gasteiger charge is 2.38. The maximum atomic E-state index is 13.4. The number of amides is 1. The van der Waals surface area contributed by atoms with Crippen molar-refractivity contribution in [2.75, 3.05) is 0 Å². The molecule has 1 amide bonds. The molecule has 37 heavy (non-hydrogen) atoms. The monoisotopic (exact) mass is 533 g/mol. The highest BCUT2D eigenvalue weighted by molar-refractivity contribution is 5.90. The molecule has 14 heteroatoms. The Morgan fingerprint density at radius 3 is 2.03 bits per heavy atom. The first-order chi connectivity index (χ1) is 17.1. The number of H-pyrrole nitrogens is 1. The van der Waals surface area contributed by atoms with Gasteiger partial charge in [0.05, 0.1) is 11.6 Å². The lowest BCUT2D eigenvalue weighted by atomic mass is 10.00. The van der Waals surface area contributed by atoms with Crippen molar-refractivity contribution in [3.63, 3.8) is 0 Å². The number of hydrogen-bond acceptors (Lipinski definition) is 4. The number of rotatable bonds is 7. The summed E-state index contributed by atoms with van der Waals surface area (Å²) in [5.74, 6) is -4.82. The molecule has 1 aromatic heterocycles. The van der Waals surface area contributed by atoms with E-state index in [2.05, 4.69) is 10.3 Å². The third kappa shape index (κ3) is 8.24. The van der Waals surface area contributed by atoms with Crippen molar-refractivity contribution in [2.24, 2.45) is 5.73 Å². The van der Waals surface area contributed by atoms with Crippen molar-refractivity contribution >= 4 is 28.7 Å². The Labute approximate surface area is 205 Å². The summed E-state index contributed by atoms with van der Waals surface area (Å²) >= 11 is 0. The Bertz CT molecular complexity index is 1240. The summed E-state index contributed by atoms with van der Waals surface area (Å²) in [5, 5.41) is 18.9. The van der Waals surface area contributed by atoms with Crippen molar-refractivity contribution in [1.82, 2.24) is 10.3 Å². The second-order valence-electron chi connectivity index (χ2n) is 7.74. The van der Waals surface area contributed by atoms with Crippen LogP contribution >= 0.6 is 0 Å². The molecule has 8 nitrogen and oxygen atoms in total. The highest BCUT2D eigenvalue weighted by Crippen LogP contribution is 2.36.